The van der Waals surface area contributed by atoms with Crippen molar-refractivity contribution >= 4 is 32.2 Å². The van der Waals surface area contributed by atoms with Gasteiger partial charge in [-0.2, -0.15) is 0 Å². The lowest BCUT2D eigenvalue weighted by Crippen LogP contribution is -2.11. The second-order valence-corrected chi connectivity index (χ2v) is 8.44. The highest BCUT2D eigenvalue weighted by atomic mass is 32.2. The molecule has 0 radical (unpaired) electrons. The summed E-state index contributed by atoms with van der Waals surface area (Å²) in [6.45, 7) is 1.94. The van der Waals surface area contributed by atoms with Gasteiger partial charge < -0.3 is 0 Å². The Morgan fingerprint density at radius 3 is 2.40 bits per heavy atom. The summed E-state index contributed by atoms with van der Waals surface area (Å²) in [6.07, 6.45) is 0. The molecule has 0 saturated heterocycles. The van der Waals surface area contributed by atoms with Crippen LogP contribution in [0.15, 0.2) is 59.5 Å². The van der Waals surface area contributed by atoms with E-state index in [0.717, 1.165) is 16.9 Å². The second-order valence-electron chi connectivity index (χ2n) is 5.39. The van der Waals surface area contributed by atoms with Crippen LogP contribution in [0, 0.1) is 6.92 Å². The normalized spacial score (nSPS) is 11.2. The SMILES string of the molecule is Cc1ccc(C(=O)Nc2nnc(CS(=O)(=O)c3ccccc3)s2)cc1. The van der Waals surface area contributed by atoms with Crippen molar-refractivity contribution < 1.29 is 13.2 Å². The summed E-state index contributed by atoms with van der Waals surface area (Å²) >= 11 is 1.05. The molecule has 3 rings (SSSR count). The molecule has 0 aliphatic heterocycles. The maximum Gasteiger partial charge on any atom is 0.257 e. The van der Waals surface area contributed by atoms with E-state index in [-0.39, 0.29) is 21.7 Å². The third kappa shape index (κ3) is 4.28. The van der Waals surface area contributed by atoms with Gasteiger partial charge in [-0.3, -0.25) is 10.1 Å². The number of sulfone groups is 1. The summed E-state index contributed by atoms with van der Waals surface area (Å²) in [5.74, 6) is -0.566. The van der Waals surface area contributed by atoms with E-state index in [1.54, 1.807) is 30.3 Å². The molecule has 1 heterocycles. The number of benzene rings is 2. The summed E-state index contributed by atoms with van der Waals surface area (Å²) in [6, 6.07) is 15.3. The molecular formula is C17H15N3O3S2. The first-order chi connectivity index (χ1) is 11.9. The maximum atomic E-state index is 12.3. The van der Waals surface area contributed by atoms with Gasteiger partial charge in [-0.15, -0.1) is 10.2 Å². The van der Waals surface area contributed by atoms with Crippen LogP contribution in [0.5, 0.6) is 0 Å². The van der Waals surface area contributed by atoms with Gasteiger partial charge in [0.25, 0.3) is 5.91 Å². The highest BCUT2D eigenvalue weighted by Crippen LogP contribution is 2.21. The van der Waals surface area contributed by atoms with Crippen molar-refractivity contribution in [3.05, 3.63) is 70.7 Å². The van der Waals surface area contributed by atoms with Crippen LogP contribution in [0.3, 0.4) is 0 Å². The molecule has 0 bridgehead atoms. The van der Waals surface area contributed by atoms with Crippen molar-refractivity contribution in [2.24, 2.45) is 0 Å². The van der Waals surface area contributed by atoms with E-state index in [1.807, 2.05) is 19.1 Å². The highest BCUT2D eigenvalue weighted by Gasteiger charge is 2.18. The lowest BCUT2D eigenvalue weighted by atomic mass is 10.1. The van der Waals surface area contributed by atoms with E-state index in [1.165, 1.54) is 12.1 Å². The van der Waals surface area contributed by atoms with Crippen molar-refractivity contribution in [2.75, 3.05) is 5.32 Å². The molecular weight excluding hydrogens is 358 g/mol. The number of hydrogen-bond acceptors (Lipinski definition) is 6. The number of nitrogens with zero attached hydrogens (tertiary/aromatic N) is 2. The zero-order valence-corrected chi connectivity index (χ0v) is 15.0. The first-order valence-electron chi connectivity index (χ1n) is 7.42. The Balaban J connectivity index is 1.70. The molecule has 6 nitrogen and oxygen atoms in total. The Hall–Kier alpha value is -2.58. The largest absolute Gasteiger partial charge is 0.296 e. The molecule has 1 aromatic heterocycles. The summed E-state index contributed by atoms with van der Waals surface area (Å²) in [5, 5.41) is 10.9. The number of carbonyl (C=O) groups excluding carboxylic acids is 1. The number of aryl methyl sites for hydroxylation is 1. The molecule has 3 aromatic rings. The number of amides is 1. The fourth-order valence-electron chi connectivity index (χ4n) is 2.11. The monoisotopic (exact) mass is 373 g/mol. The van der Waals surface area contributed by atoms with E-state index < -0.39 is 9.84 Å². The van der Waals surface area contributed by atoms with E-state index in [9.17, 15) is 13.2 Å². The molecule has 0 fully saturated rings. The quantitative estimate of drug-likeness (QED) is 0.742. The van der Waals surface area contributed by atoms with E-state index >= 15 is 0 Å². The van der Waals surface area contributed by atoms with Crippen LogP contribution in [0.1, 0.15) is 20.9 Å². The van der Waals surface area contributed by atoms with Crippen LogP contribution in [-0.4, -0.2) is 24.5 Å². The summed E-state index contributed by atoms with van der Waals surface area (Å²) in [5.41, 5.74) is 1.56. The highest BCUT2D eigenvalue weighted by molar-refractivity contribution is 7.90. The first kappa shape index (κ1) is 17.2. The zero-order chi connectivity index (χ0) is 17.9. The van der Waals surface area contributed by atoms with Gasteiger partial charge in [0.15, 0.2) is 9.84 Å². The van der Waals surface area contributed by atoms with Gasteiger partial charge >= 0.3 is 0 Å². The minimum atomic E-state index is -3.49. The van der Waals surface area contributed by atoms with Gasteiger partial charge in [-0.1, -0.05) is 47.2 Å². The van der Waals surface area contributed by atoms with Crippen molar-refractivity contribution in [1.82, 2.24) is 10.2 Å². The van der Waals surface area contributed by atoms with E-state index in [2.05, 4.69) is 15.5 Å². The number of anilines is 1. The molecule has 0 aliphatic carbocycles. The Morgan fingerprint density at radius 2 is 1.72 bits per heavy atom. The smallest absolute Gasteiger partial charge is 0.257 e. The molecule has 0 aliphatic rings. The third-order valence-corrected chi connectivity index (χ3v) is 6.08. The minimum Gasteiger partial charge on any atom is -0.296 e. The molecule has 2 aromatic carbocycles. The van der Waals surface area contributed by atoms with Crippen molar-refractivity contribution in [1.29, 1.82) is 0 Å². The zero-order valence-electron chi connectivity index (χ0n) is 13.3. The summed E-state index contributed by atoms with van der Waals surface area (Å²) in [7, 11) is -3.49. The average Bonchev–Trinajstić information content (AvgIpc) is 3.02. The molecule has 128 valence electrons. The van der Waals surface area contributed by atoms with Gasteiger partial charge in [-0.25, -0.2) is 8.42 Å². The molecule has 1 N–H and O–H groups in total. The van der Waals surface area contributed by atoms with E-state index in [0.29, 0.717) is 10.6 Å². The van der Waals surface area contributed by atoms with Gasteiger partial charge in [0.1, 0.15) is 10.8 Å². The van der Waals surface area contributed by atoms with Crippen molar-refractivity contribution in [2.45, 2.75) is 17.6 Å². The molecule has 0 spiro atoms. The molecule has 8 heteroatoms. The van der Waals surface area contributed by atoms with Gasteiger partial charge in [0.05, 0.1) is 4.90 Å². The van der Waals surface area contributed by atoms with Crippen molar-refractivity contribution in [3.8, 4) is 0 Å². The van der Waals surface area contributed by atoms with Crippen LogP contribution < -0.4 is 5.32 Å². The Labute approximate surface area is 149 Å². The Bertz CT molecular complexity index is 981. The van der Waals surface area contributed by atoms with Crippen LogP contribution in [0.2, 0.25) is 0 Å². The number of aromatic nitrogens is 2. The fourth-order valence-corrected chi connectivity index (χ4v) is 4.46. The van der Waals surface area contributed by atoms with Crippen molar-refractivity contribution in [3.63, 3.8) is 0 Å². The fraction of sp³-hybridized carbons (Fsp3) is 0.118. The van der Waals surface area contributed by atoms with Gasteiger partial charge in [-0.05, 0) is 31.2 Å². The van der Waals surface area contributed by atoms with Crippen LogP contribution in [0.4, 0.5) is 5.13 Å². The predicted molar refractivity (Wildman–Crippen MR) is 96.4 cm³/mol. The molecule has 1 amide bonds. The van der Waals surface area contributed by atoms with E-state index in [4.69, 9.17) is 0 Å². The predicted octanol–water partition coefficient (Wildman–Crippen LogP) is 3.07. The number of hydrogen-bond donors (Lipinski definition) is 1. The molecule has 0 unspecified atom stereocenters. The lowest BCUT2D eigenvalue weighted by molar-refractivity contribution is 0.102. The topological polar surface area (TPSA) is 89.0 Å². The number of nitrogens with one attached hydrogen (secondary N) is 1. The Morgan fingerprint density at radius 1 is 1.04 bits per heavy atom. The number of carbonyl (C=O) groups is 1. The summed E-state index contributed by atoms with van der Waals surface area (Å²) in [4.78, 5) is 12.4. The minimum absolute atomic E-state index is 0.232. The molecule has 0 saturated carbocycles. The first-order valence-corrected chi connectivity index (χ1v) is 9.89. The average molecular weight is 373 g/mol. The molecule has 0 atom stereocenters. The summed E-state index contributed by atoms with van der Waals surface area (Å²) < 4.78 is 24.7. The standard InChI is InChI=1S/C17H15N3O3S2/c1-12-7-9-13(10-8-12)16(21)18-17-20-19-15(24-17)11-25(22,23)14-5-3-2-4-6-14/h2-10H,11H2,1H3,(H,18,20,21). The second kappa shape index (κ2) is 7.12. The molecule has 25 heavy (non-hydrogen) atoms. The van der Waals surface area contributed by atoms with Crippen LogP contribution in [0.25, 0.3) is 0 Å². The maximum absolute atomic E-state index is 12.3. The van der Waals surface area contributed by atoms with Crippen LogP contribution >= 0.6 is 11.3 Å². The third-order valence-electron chi connectivity index (χ3n) is 3.42. The number of rotatable bonds is 5. The lowest BCUT2D eigenvalue weighted by Gasteiger charge is -2.01. The van der Waals surface area contributed by atoms with Gasteiger partial charge in [0, 0.05) is 5.56 Å². The van der Waals surface area contributed by atoms with Crippen LogP contribution in [-0.2, 0) is 15.6 Å². The van der Waals surface area contributed by atoms with Gasteiger partial charge in [0.2, 0.25) is 5.13 Å². The Kier molecular flexibility index (Phi) is 4.91.